The van der Waals surface area contributed by atoms with Crippen molar-refractivity contribution in [1.82, 2.24) is 5.32 Å². The number of nitrogens with one attached hydrogen (secondary N) is 1. The second-order valence-electron chi connectivity index (χ2n) is 5.30. The fraction of sp³-hybridized carbons (Fsp3) is 0.500. The third-order valence-electron chi connectivity index (χ3n) is 3.70. The number of benzene rings is 1. The van der Waals surface area contributed by atoms with Gasteiger partial charge in [0.1, 0.15) is 6.04 Å². The monoisotopic (exact) mass is 339 g/mol. The molecule has 1 aromatic rings. The molecule has 1 fully saturated rings. The molecule has 1 aliphatic rings. The summed E-state index contributed by atoms with van der Waals surface area (Å²) in [7, 11) is 0.0491. The summed E-state index contributed by atoms with van der Waals surface area (Å²) in [6.07, 6.45) is 0.906. The number of rotatable bonds is 7. The van der Waals surface area contributed by atoms with Gasteiger partial charge in [-0.05, 0) is 25.0 Å². The Balaban J connectivity index is 1.91. The lowest BCUT2D eigenvalue weighted by Crippen LogP contribution is -2.45. The highest BCUT2D eigenvalue weighted by atomic mass is 32.2. The lowest BCUT2D eigenvalue weighted by Gasteiger charge is -2.18. The van der Waals surface area contributed by atoms with Crippen molar-refractivity contribution in [3.63, 3.8) is 0 Å². The number of hydrogen-bond acceptors (Lipinski definition) is 5. The van der Waals surface area contributed by atoms with Crippen LogP contribution in [0.1, 0.15) is 12.8 Å². The summed E-state index contributed by atoms with van der Waals surface area (Å²) < 4.78 is 22.1. The van der Waals surface area contributed by atoms with Gasteiger partial charge in [0.15, 0.2) is 0 Å². The molecule has 1 amide bonds. The Morgan fingerprint density at radius 2 is 2.13 bits per heavy atom. The first-order valence-corrected chi connectivity index (χ1v) is 8.83. The smallest absolute Gasteiger partial charge is 0.328 e. The molecular formula is C16H21NO5S. The Morgan fingerprint density at radius 3 is 2.74 bits per heavy atom. The van der Waals surface area contributed by atoms with Crippen LogP contribution in [-0.4, -0.2) is 48.2 Å². The van der Waals surface area contributed by atoms with E-state index in [-0.39, 0.29) is 24.0 Å². The molecule has 0 unspecified atom stereocenters. The van der Waals surface area contributed by atoms with Crippen LogP contribution in [0, 0.1) is 5.92 Å². The maximum Gasteiger partial charge on any atom is 0.328 e. The quantitative estimate of drug-likeness (QED) is 0.746. The molecule has 0 bridgehead atoms. The van der Waals surface area contributed by atoms with E-state index in [1.165, 1.54) is 7.11 Å². The van der Waals surface area contributed by atoms with Crippen molar-refractivity contribution in [2.45, 2.75) is 23.8 Å². The predicted octanol–water partition coefficient (Wildman–Crippen LogP) is 0.879. The van der Waals surface area contributed by atoms with Crippen molar-refractivity contribution >= 4 is 22.7 Å². The minimum absolute atomic E-state index is 0.219. The highest BCUT2D eigenvalue weighted by Gasteiger charge is 2.28. The Labute approximate surface area is 138 Å². The van der Waals surface area contributed by atoms with Crippen molar-refractivity contribution < 1.29 is 23.3 Å². The zero-order valence-corrected chi connectivity index (χ0v) is 13.8. The topological polar surface area (TPSA) is 81.7 Å². The van der Waals surface area contributed by atoms with Crippen LogP contribution in [0.2, 0.25) is 0 Å². The van der Waals surface area contributed by atoms with Gasteiger partial charge in [-0.25, -0.2) is 4.79 Å². The average molecular weight is 339 g/mol. The normalized spacial score (nSPS) is 19.8. The maximum atomic E-state index is 12.2. The van der Waals surface area contributed by atoms with Crippen molar-refractivity contribution in [2.75, 3.05) is 26.1 Å². The summed E-state index contributed by atoms with van der Waals surface area (Å²) in [6, 6.07) is 8.23. The van der Waals surface area contributed by atoms with E-state index in [0.717, 1.165) is 0 Å². The molecule has 3 atom stereocenters. The molecule has 1 aromatic carbocycles. The zero-order chi connectivity index (χ0) is 16.7. The molecule has 0 radical (unpaired) electrons. The van der Waals surface area contributed by atoms with Gasteiger partial charge in [-0.2, -0.15) is 0 Å². The molecule has 1 aliphatic heterocycles. The van der Waals surface area contributed by atoms with Crippen LogP contribution in [0.4, 0.5) is 0 Å². The standard InChI is InChI=1S/C16H21NO5S/c1-21-16(19)14(17-15(18)12-7-9-22-11-12)8-10-23(20)13-5-3-2-4-6-13/h2-6,12,14H,7-11H2,1H3,(H,17,18)/t12-,14+,23+/m1/s1. The summed E-state index contributed by atoms with van der Waals surface area (Å²) in [5.74, 6) is -0.710. The third kappa shape index (κ3) is 5.14. The van der Waals surface area contributed by atoms with Gasteiger partial charge in [0.2, 0.25) is 5.91 Å². The highest BCUT2D eigenvalue weighted by molar-refractivity contribution is 7.85. The summed E-state index contributed by atoms with van der Waals surface area (Å²) in [5, 5.41) is 2.69. The number of esters is 1. The molecule has 0 aromatic heterocycles. The summed E-state index contributed by atoms with van der Waals surface area (Å²) >= 11 is 0. The Morgan fingerprint density at radius 1 is 1.39 bits per heavy atom. The van der Waals surface area contributed by atoms with E-state index < -0.39 is 22.8 Å². The lowest BCUT2D eigenvalue weighted by molar-refractivity contribution is -0.145. The third-order valence-corrected chi connectivity index (χ3v) is 5.11. The predicted molar refractivity (Wildman–Crippen MR) is 85.2 cm³/mol. The Kier molecular flexibility index (Phi) is 6.73. The zero-order valence-electron chi connectivity index (χ0n) is 13.0. The number of carbonyl (C=O) groups excluding carboxylic acids is 2. The molecule has 0 saturated carbocycles. The van der Waals surface area contributed by atoms with Gasteiger partial charge in [0.05, 0.1) is 30.4 Å². The highest BCUT2D eigenvalue weighted by Crippen LogP contribution is 2.13. The minimum atomic E-state index is -1.22. The van der Waals surface area contributed by atoms with Gasteiger partial charge < -0.3 is 14.8 Å². The average Bonchev–Trinajstić information content (AvgIpc) is 3.13. The number of methoxy groups -OCH3 is 1. The van der Waals surface area contributed by atoms with Crippen LogP contribution in [0.3, 0.4) is 0 Å². The number of ether oxygens (including phenoxy) is 2. The van der Waals surface area contributed by atoms with Gasteiger partial charge in [0, 0.05) is 17.3 Å². The molecule has 2 rings (SSSR count). The lowest BCUT2D eigenvalue weighted by atomic mass is 10.1. The van der Waals surface area contributed by atoms with Crippen molar-refractivity contribution in [1.29, 1.82) is 0 Å². The fourth-order valence-electron chi connectivity index (χ4n) is 2.34. The number of hydrogen-bond donors (Lipinski definition) is 1. The number of amides is 1. The largest absolute Gasteiger partial charge is 0.467 e. The van der Waals surface area contributed by atoms with Crippen LogP contribution in [-0.2, 0) is 29.9 Å². The Hall–Kier alpha value is -1.73. The first-order chi connectivity index (χ1) is 11.1. The molecular weight excluding hydrogens is 318 g/mol. The molecule has 0 spiro atoms. The summed E-state index contributed by atoms with van der Waals surface area (Å²) in [5.41, 5.74) is 0. The minimum Gasteiger partial charge on any atom is -0.467 e. The van der Waals surface area contributed by atoms with E-state index in [9.17, 15) is 13.8 Å². The van der Waals surface area contributed by atoms with E-state index in [1.54, 1.807) is 12.1 Å². The van der Waals surface area contributed by atoms with Crippen LogP contribution in [0.25, 0.3) is 0 Å². The van der Waals surface area contributed by atoms with E-state index in [4.69, 9.17) is 9.47 Å². The van der Waals surface area contributed by atoms with E-state index in [2.05, 4.69) is 5.32 Å². The number of carbonyl (C=O) groups is 2. The Bertz CT molecular complexity index is 557. The van der Waals surface area contributed by atoms with Gasteiger partial charge in [-0.3, -0.25) is 9.00 Å². The van der Waals surface area contributed by atoms with Gasteiger partial charge >= 0.3 is 5.97 Å². The SMILES string of the molecule is COC(=O)[C@H](CC[S@](=O)c1ccccc1)NC(=O)[C@@H]1CCOC1. The summed E-state index contributed by atoms with van der Waals surface area (Å²) in [6.45, 7) is 0.925. The first kappa shape index (κ1) is 17.6. The van der Waals surface area contributed by atoms with Crippen LogP contribution in [0.15, 0.2) is 35.2 Å². The maximum absolute atomic E-state index is 12.2. The van der Waals surface area contributed by atoms with Crippen LogP contribution < -0.4 is 5.32 Å². The van der Waals surface area contributed by atoms with E-state index >= 15 is 0 Å². The first-order valence-electron chi connectivity index (χ1n) is 7.51. The molecule has 1 N–H and O–H groups in total. The molecule has 1 saturated heterocycles. The van der Waals surface area contributed by atoms with E-state index in [0.29, 0.717) is 24.5 Å². The molecule has 1 heterocycles. The van der Waals surface area contributed by atoms with Crippen LogP contribution in [0.5, 0.6) is 0 Å². The molecule has 7 heteroatoms. The fourth-order valence-corrected chi connectivity index (χ4v) is 3.48. The molecule has 126 valence electrons. The van der Waals surface area contributed by atoms with E-state index in [1.807, 2.05) is 18.2 Å². The summed E-state index contributed by atoms with van der Waals surface area (Å²) in [4.78, 5) is 24.7. The molecule has 6 nitrogen and oxygen atoms in total. The van der Waals surface area contributed by atoms with Gasteiger partial charge in [0.25, 0.3) is 0 Å². The van der Waals surface area contributed by atoms with Crippen molar-refractivity contribution in [3.8, 4) is 0 Å². The van der Waals surface area contributed by atoms with Crippen molar-refractivity contribution in [3.05, 3.63) is 30.3 Å². The van der Waals surface area contributed by atoms with Crippen molar-refractivity contribution in [2.24, 2.45) is 5.92 Å². The van der Waals surface area contributed by atoms with Gasteiger partial charge in [-0.15, -0.1) is 0 Å². The second-order valence-corrected chi connectivity index (χ2v) is 6.87. The molecule has 23 heavy (non-hydrogen) atoms. The van der Waals surface area contributed by atoms with Gasteiger partial charge in [-0.1, -0.05) is 18.2 Å². The molecule has 0 aliphatic carbocycles. The second kappa shape index (κ2) is 8.79. The van der Waals surface area contributed by atoms with Crippen LogP contribution >= 0.6 is 0 Å².